The zero-order valence-corrected chi connectivity index (χ0v) is 14.6. The summed E-state index contributed by atoms with van der Waals surface area (Å²) in [7, 11) is 0. The van der Waals surface area contributed by atoms with Gasteiger partial charge in [0.05, 0.1) is 37.8 Å². The summed E-state index contributed by atoms with van der Waals surface area (Å²) in [5, 5.41) is 3.19. The lowest BCUT2D eigenvalue weighted by molar-refractivity contribution is 0.0299. The highest BCUT2D eigenvalue weighted by Gasteiger charge is 2.20. The molecule has 0 saturated carbocycles. The van der Waals surface area contributed by atoms with Crippen LogP contribution in [0.3, 0.4) is 0 Å². The molecule has 0 radical (unpaired) electrons. The monoisotopic (exact) mass is 352 g/mol. The van der Waals surface area contributed by atoms with Crippen LogP contribution in [0.1, 0.15) is 21.7 Å². The number of aryl methyl sites for hydroxylation is 1. The molecular formula is C18H20N6O2. The number of nitrogens with zero attached hydrogens (tertiary/aromatic N) is 5. The summed E-state index contributed by atoms with van der Waals surface area (Å²) >= 11 is 0. The molecule has 0 spiro atoms. The molecule has 4 rings (SSSR count). The Balaban J connectivity index is 1.45. The third-order valence-corrected chi connectivity index (χ3v) is 4.27. The van der Waals surface area contributed by atoms with E-state index >= 15 is 0 Å². The molecule has 0 aromatic carbocycles. The Hall–Kier alpha value is -3.00. The minimum Gasteiger partial charge on any atom is -0.378 e. The van der Waals surface area contributed by atoms with Gasteiger partial charge in [0.25, 0.3) is 5.91 Å². The van der Waals surface area contributed by atoms with Gasteiger partial charge in [-0.15, -0.1) is 0 Å². The highest BCUT2D eigenvalue weighted by molar-refractivity contribution is 5.92. The number of rotatable bonds is 4. The van der Waals surface area contributed by atoms with Crippen molar-refractivity contribution in [2.75, 3.05) is 31.6 Å². The fraction of sp³-hybridized carbons (Fsp3) is 0.333. The lowest BCUT2D eigenvalue weighted by Crippen LogP contribution is -2.41. The van der Waals surface area contributed by atoms with E-state index in [-0.39, 0.29) is 5.91 Å². The standard InChI is InChI=1S/C18H20N6O2/c1-13-2-3-24-12-14(21-17(24)8-13)9-20-16-11-19-10-15(22-16)18(25)23-4-6-26-7-5-23/h2-3,8,10-12H,4-7,9H2,1H3,(H,20,22). The van der Waals surface area contributed by atoms with Crippen LogP contribution in [0.4, 0.5) is 5.82 Å². The molecule has 0 atom stereocenters. The van der Waals surface area contributed by atoms with Gasteiger partial charge in [0, 0.05) is 25.5 Å². The van der Waals surface area contributed by atoms with Crippen molar-refractivity contribution in [3.05, 3.63) is 53.9 Å². The number of amides is 1. The van der Waals surface area contributed by atoms with Crippen LogP contribution in [0.25, 0.3) is 5.65 Å². The van der Waals surface area contributed by atoms with E-state index in [4.69, 9.17) is 4.74 Å². The van der Waals surface area contributed by atoms with Crippen molar-refractivity contribution in [2.45, 2.75) is 13.5 Å². The number of carbonyl (C=O) groups excluding carboxylic acids is 1. The van der Waals surface area contributed by atoms with E-state index in [1.54, 1.807) is 11.1 Å². The van der Waals surface area contributed by atoms with Crippen LogP contribution in [0.5, 0.6) is 0 Å². The minimum absolute atomic E-state index is 0.118. The van der Waals surface area contributed by atoms with Gasteiger partial charge in [-0.05, 0) is 24.6 Å². The summed E-state index contributed by atoms with van der Waals surface area (Å²) in [6.07, 6.45) is 7.06. The molecule has 1 amide bonds. The van der Waals surface area contributed by atoms with Gasteiger partial charge in [-0.25, -0.2) is 9.97 Å². The molecule has 1 aliphatic rings. The van der Waals surface area contributed by atoms with E-state index < -0.39 is 0 Å². The number of anilines is 1. The van der Waals surface area contributed by atoms with Crippen LogP contribution in [0.2, 0.25) is 0 Å². The van der Waals surface area contributed by atoms with Crippen LogP contribution in [-0.2, 0) is 11.3 Å². The molecule has 0 aliphatic carbocycles. The first-order valence-corrected chi connectivity index (χ1v) is 8.56. The number of carbonyl (C=O) groups is 1. The molecule has 1 aliphatic heterocycles. The number of morpholine rings is 1. The number of ether oxygens (including phenoxy) is 1. The number of fused-ring (bicyclic) bond motifs is 1. The molecule has 0 unspecified atom stereocenters. The lowest BCUT2D eigenvalue weighted by Gasteiger charge is -2.26. The fourth-order valence-electron chi connectivity index (χ4n) is 2.89. The van der Waals surface area contributed by atoms with Crippen LogP contribution in [-0.4, -0.2) is 56.5 Å². The molecule has 3 aromatic rings. The Morgan fingerprint density at radius 3 is 2.96 bits per heavy atom. The average molecular weight is 352 g/mol. The number of imidazole rings is 1. The number of nitrogens with one attached hydrogen (secondary N) is 1. The number of aromatic nitrogens is 4. The quantitative estimate of drug-likeness (QED) is 0.766. The van der Waals surface area contributed by atoms with Crippen molar-refractivity contribution in [1.82, 2.24) is 24.3 Å². The van der Waals surface area contributed by atoms with E-state index in [1.807, 2.05) is 35.9 Å². The van der Waals surface area contributed by atoms with Gasteiger partial charge in [0.15, 0.2) is 0 Å². The van der Waals surface area contributed by atoms with Gasteiger partial charge >= 0.3 is 0 Å². The summed E-state index contributed by atoms with van der Waals surface area (Å²) in [5.74, 6) is 0.435. The molecule has 1 fully saturated rings. The first-order valence-electron chi connectivity index (χ1n) is 8.56. The first-order chi connectivity index (χ1) is 12.7. The molecule has 0 bridgehead atoms. The van der Waals surface area contributed by atoms with E-state index in [9.17, 15) is 4.79 Å². The Labute approximate surface area is 150 Å². The summed E-state index contributed by atoms with van der Waals surface area (Å²) < 4.78 is 7.26. The zero-order chi connectivity index (χ0) is 17.9. The minimum atomic E-state index is -0.118. The molecule has 134 valence electrons. The molecule has 8 heteroatoms. The van der Waals surface area contributed by atoms with Gasteiger partial charge in [0.2, 0.25) is 0 Å². The Morgan fingerprint density at radius 1 is 1.27 bits per heavy atom. The normalized spacial score (nSPS) is 14.6. The topological polar surface area (TPSA) is 84.7 Å². The van der Waals surface area contributed by atoms with Crippen LogP contribution in [0.15, 0.2) is 36.9 Å². The summed E-state index contributed by atoms with van der Waals surface area (Å²) in [5.41, 5.74) is 3.30. The number of hydrogen-bond donors (Lipinski definition) is 1. The smallest absolute Gasteiger partial charge is 0.274 e. The maximum Gasteiger partial charge on any atom is 0.274 e. The third kappa shape index (κ3) is 3.50. The highest BCUT2D eigenvalue weighted by atomic mass is 16.5. The van der Waals surface area contributed by atoms with Crippen molar-refractivity contribution in [1.29, 1.82) is 0 Å². The third-order valence-electron chi connectivity index (χ3n) is 4.27. The molecule has 4 heterocycles. The van der Waals surface area contributed by atoms with Crippen molar-refractivity contribution >= 4 is 17.4 Å². The Morgan fingerprint density at radius 2 is 2.12 bits per heavy atom. The van der Waals surface area contributed by atoms with E-state index in [2.05, 4.69) is 20.3 Å². The SMILES string of the molecule is Cc1ccn2cc(CNc3cncc(C(=O)N4CCOCC4)n3)nc2c1. The maximum absolute atomic E-state index is 12.5. The molecule has 1 N–H and O–H groups in total. The predicted molar refractivity (Wildman–Crippen MR) is 96.0 cm³/mol. The van der Waals surface area contributed by atoms with E-state index in [0.717, 1.165) is 11.3 Å². The second kappa shape index (κ2) is 7.09. The van der Waals surface area contributed by atoms with Crippen LogP contribution >= 0.6 is 0 Å². The number of pyridine rings is 1. The van der Waals surface area contributed by atoms with Crippen LogP contribution in [0, 0.1) is 6.92 Å². The lowest BCUT2D eigenvalue weighted by atomic mass is 10.3. The van der Waals surface area contributed by atoms with E-state index in [1.165, 1.54) is 11.8 Å². The molecule has 8 nitrogen and oxygen atoms in total. The zero-order valence-electron chi connectivity index (χ0n) is 14.6. The van der Waals surface area contributed by atoms with Crippen molar-refractivity contribution in [2.24, 2.45) is 0 Å². The maximum atomic E-state index is 12.5. The average Bonchev–Trinajstić information content (AvgIpc) is 3.09. The summed E-state index contributed by atoms with van der Waals surface area (Å²) in [6.45, 7) is 4.83. The van der Waals surface area contributed by atoms with Crippen molar-refractivity contribution < 1.29 is 9.53 Å². The first kappa shape index (κ1) is 16.5. The van der Waals surface area contributed by atoms with Gasteiger partial charge < -0.3 is 19.4 Å². The summed E-state index contributed by atoms with van der Waals surface area (Å²) in [4.78, 5) is 27.3. The number of hydrogen-bond acceptors (Lipinski definition) is 6. The molecular weight excluding hydrogens is 332 g/mol. The Bertz CT molecular complexity index is 932. The second-order valence-electron chi connectivity index (χ2n) is 6.25. The van der Waals surface area contributed by atoms with Crippen LogP contribution < -0.4 is 5.32 Å². The Kier molecular flexibility index (Phi) is 4.49. The van der Waals surface area contributed by atoms with Gasteiger partial charge in [-0.3, -0.25) is 9.78 Å². The van der Waals surface area contributed by atoms with Gasteiger partial charge in [-0.1, -0.05) is 0 Å². The summed E-state index contributed by atoms with van der Waals surface area (Å²) in [6, 6.07) is 4.07. The van der Waals surface area contributed by atoms with Gasteiger partial charge in [0.1, 0.15) is 17.2 Å². The largest absolute Gasteiger partial charge is 0.378 e. The molecule has 1 saturated heterocycles. The van der Waals surface area contributed by atoms with Crippen molar-refractivity contribution in [3.8, 4) is 0 Å². The molecule has 26 heavy (non-hydrogen) atoms. The van der Waals surface area contributed by atoms with Crippen molar-refractivity contribution in [3.63, 3.8) is 0 Å². The molecule has 3 aromatic heterocycles. The second-order valence-corrected chi connectivity index (χ2v) is 6.25. The highest BCUT2D eigenvalue weighted by Crippen LogP contribution is 2.11. The predicted octanol–water partition coefficient (Wildman–Crippen LogP) is 1.52. The fourth-order valence-corrected chi connectivity index (χ4v) is 2.89. The van der Waals surface area contributed by atoms with E-state index in [0.29, 0.717) is 44.4 Å². The van der Waals surface area contributed by atoms with Gasteiger partial charge in [-0.2, -0.15) is 0 Å².